The number of benzene rings is 1. The lowest BCUT2D eigenvalue weighted by atomic mass is 10.1. The van der Waals surface area contributed by atoms with Crippen LogP contribution >= 0.6 is 0 Å². The summed E-state index contributed by atoms with van der Waals surface area (Å²) in [6, 6.07) is 2.17. The molecule has 7 heteroatoms. The Hall–Kier alpha value is -1.79. The molecule has 0 unspecified atom stereocenters. The number of carbonyl (C=O) groups is 1. The Labute approximate surface area is 107 Å². The molecule has 1 aromatic carbocycles. The molecular weight excluding hydrogens is 264 g/mol. The van der Waals surface area contributed by atoms with Gasteiger partial charge in [-0.25, -0.2) is 9.18 Å². The number of carbonyl (C=O) groups excluding carboxylic acids is 1. The van der Waals surface area contributed by atoms with Gasteiger partial charge in [-0.2, -0.15) is 13.2 Å². The van der Waals surface area contributed by atoms with Crippen molar-refractivity contribution in [2.24, 2.45) is 0 Å². The summed E-state index contributed by atoms with van der Waals surface area (Å²) in [5.74, 6) is -0.490. The number of halogens is 4. The molecule has 1 aromatic rings. The Morgan fingerprint density at radius 3 is 2.63 bits per heavy atom. The Kier molecular flexibility index (Phi) is 3.38. The molecule has 0 spiro atoms. The molecule has 104 valence electrons. The fourth-order valence-corrected chi connectivity index (χ4v) is 2.02. The Morgan fingerprint density at radius 1 is 1.42 bits per heavy atom. The van der Waals surface area contributed by atoms with Crippen LogP contribution in [0.25, 0.3) is 0 Å². The predicted molar refractivity (Wildman–Crippen MR) is 59.9 cm³/mol. The van der Waals surface area contributed by atoms with Crippen molar-refractivity contribution in [3.8, 4) is 0 Å². The molecule has 2 amide bonds. The molecule has 3 nitrogen and oxygen atoms in total. The largest absolute Gasteiger partial charge is 0.410 e. The van der Waals surface area contributed by atoms with E-state index in [1.807, 2.05) is 5.32 Å². The number of alkyl halides is 3. The van der Waals surface area contributed by atoms with Crippen LogP contribution in [0.4, 0.5) is 22.4 Å². The molecule has 1 fully saturated rings. The van der Waals surface area contributed by atoms with E-state index in [2.05, 4.69) is 0 Å². The molecule has 2 atom stereocenters. The van der Waals surface area contributed by atoms with Crippen molar-refractivity contribution >= 4 is 6.03 Å². The minimum absolute atomic E-state index is 0.456. The number of hydrogen-bond donors (Lipinski definition) is 1. The van der Waals surface area contributed by atoms with E-state index >= 15 is 0 Å². The van der Waals surface area contributed by atoms with Gasteiger partial charge < -0.3 is 10.2 Å². The lowest BCUT2D eigenvalue weighted by Gasteiger charge is -2.24. The maximum absolute atomic E-state index is 13.1. The van der Waals surface area contributed by atoms with Crippen molar-refractivity contribution in [2.45, 2.75) is 25.2 Å². The van der Waals surface area contributed by atoms with E-state index in [1.165, 1.54) is 18.2 Å². The van der Waals surface area contributed by atoms with Gasteiger partial charge in [-0.05, 0) is 24.6 Å². The Bertz CT molecular complexity index is 489. The van der Waals surface area contributed by atoms with Crippen molar-refractivity contribution < 1.29 is 22.4 Å². The van der Waals surface area contributed by atoms with E-state index in [-0.39, 0.29) is 0 Å². The second-order valence-electron chi connectivity index (χ2n) is 4.43. The summed E-state index contributed by atoms with van der Waals surface area (Å²) in [7, 11) is 0. The van der Waals surface area contributed by atoms with E-state index in [4.69, 9.17) is 0 Å². The maximum Gasteiger partial charge on any atom is 0.410 e. The molecule has 1 saturated heterocycles. The Balaban J connectivity index is 2.17. The highest BCUT2D eigenvalue weighted by atomic mass is 19.4. The van der Waals surface area contributed by atoms with Gasteiger partial charge in [0.15, 0.2) is 0 Å². The van der Waals surface area contributed by atoms with Crippen LogP contribution in [0, 0.1) is 5.82 Å². The standard InChI is InChI=1S/C12H12F4N2O/c1-7(8-3-2-4-9(13)5-8)18-6-10(12(14,15)16)17-11(18)19/h2-5,7,10H,6H2,1H3,(H,17,19)/t7-,10-/m0/s1. The first kappa shape index (κ1) is 13.6. The minimum Gasteiger partial charge on any atom is -0.324 e. The average molecular weight is 276 g/mol. The molecule has 0 aliphatic carbocycles. The number of rotatable bonds is 2. The summed E-state index contributed by atoms with van der Waals surface area (Å²) in [4.78, 5) is 12.6. The maximum atomic E-state index is 13.1. The molecule has 0 aromatic heterocycles. The molecule has 1 heterocycles. The van der Waals surface area contributed by atoms with Crippen LogP contribution in [0.2, 0.25) is 0 Å². The molecular formula is C12H12F4N2O. The van der Waals surface area contributed by atoms with Crippen molar-refractivity contribution in [2.75, 3.05) is 6.54 Å². The van der Waals surface area contributed by atoms with Gasteiger partial charge in [0.05, 0.1) is 12.6 Å². The average Bonchev–Trinajstić information content (AvgIpc) is 2.70. The normalized spacial score (nSPS) is 21.4. The zero-order valence-electron chi connectivity index (χ0n) is 10.0. The summed E-state index contributed by atoms with van der Waals surface area (Å²) in [6.45, 7) is 1.09. The van der Waals surface area contributed by atoms with Crippen molar-refractivity contribution in [1.29, 1.82) is 0 Å². The quantitative estimate of drug-likeness (QED) is 0.828. The third-order valence-corrected chi connectivity index (χ3v) is 3.13. The molecule has 1 aliphatic heterocycles. The highest BCUT2D eigenvalue weighted by Crippen LogP contribution is 2.29. The molecule has 1 aliphatic rings. The zero-order chi connectivity index (χ0) is 14.2. The van der Waals surface area contributed by atoms with Gasteiger partial charge in [0, 0.05) is 0 Å². The topological polar surface area (TPSA) is 32.3 Å². The fraction of sp³-hybridized carbons (Fsp3) is 0.417. The molecule has 19 heavy (non-hydrogen) atoms. The van der Waals surface area contributed by atoms with Gasteiger partial charge in [0.1, 0.15) is 11.9 Å². The van der Waals surface area contributed by atoms with Crippen LogP contribution in [0.15, 0.2) is 24.3 Å². The van der Waals surface area contributed by atoms with Crippen LogP contribution in [-0.2, 0) is 0 Å². The first-order chi connectivity index (χ1) is 8.79. The van der Waals surface area contributed by atoms with Crippen LogP contribution in [0.5, 0.6) is 0 Å². The fourth-order valence-electron chi connectivity index (χ4n) is 2.02. The molecule has 0 bridgehead atoms. The first-order valence-electron chi connectivity index (χ1n) is 5.68. The zero-order valence-corrected chi connectivity index (χ0v) is 10.0. The monoisotopic (exact) mass is 276 g/mol. The second-order valence-corrected chi connectivity index (χ2v) is 4.43. The molecule has 0 saturated carbocycles. The lowest BCUT2D eigenvalue weighted by molar-refractivity contribution is -0.150. The van der Waals surface area contributed by atoms with E-state index in [0.29, 0.717) is 5.56 Å². The number of urea groups is 1. The number of amides is 2. The summed E-state index contributed by atoms with van der Waals surface area (Å²) < 4.78 is 50.7. The number of nitrogens with zero attached hydrogens (tertiary/aromatic N) is 1. The number of hydrogen-bond acceptors (Lipinski definition) is 1. The summed E-state index contributed by atoms with van der Waals surface area (Å²) in [5, 5.41) is 1.88. The van der Waals surface area contributed by atoms with Gasteiger partial charge in [0.25, 0.3) is 0 Å². The highest BCUT2D eigenvalue weighted by molar-refractivity contribution is 5.77. The highest BCUT2D eigenvalue weighted by Gasteiger charge is 2.47. The van der Waals surface area contributed by atoms with Crippen molar-refractivity contribution in [3.63, 3.8) is 0 Å². The van der Waals surface area contributed by atoms with Crippen LogP contribution < -0.4 is 5.32 Å². The van der Waals surface area contributed by atoms with Crippen LogP contribution in [0.1, 0.15) is 18.5 Å². The third-order valence-electron chi connectivity index (χ3n) is 3.13. The van der Waals surface area contributed by atoms with Gasteiger partial charge in [-0.1, -0.05) is 12.1 Å². The van der Waals surface area contributed by atoms with Gasteiger partial charge in [-0.15, -0.1) is 0 Å². The summed E-state index contributed by atoms with van der Waals surface area (Å²) in [5.41, 5.74) is 0.456. The van der Waals surface area contributed by atoms with Crippen LogP contribution in [0.3, 0.4) is 0 Å². The van der Waals surface area contributed by atoms with E-state index in [1.54, 1.807) is 13.0 Å². The summed E-state index contributed by atoms with van der Waals surface area (Å²) >= 11 is 0. The summed E-state index contributed by atoms with van der Waals surface area (Å²) in [6.07, 6.45) is -4.48. The van der Waals surface area contributed by atoms with E-state index in [0.717, 1.165) is 4.90 Å². The van der Waals surface area contributed by atoms with Gasteiger partial charge >= 0.3 is 12.2 Å². The molecule has 1 N–H and O–H groups in total. The van der Waals surface area contributed by atoms with Crippen molar-refractivity contribution in [3.05, 3.63) is 35.6 Å². The molecule has 0 radical (unpaired) electrons. The third kappa shape index (κ3) is 2.80. The smallest absolute Gasteiger partial charge is 0.324 e. The second kappa shape index (κ2) is 4.71. The van der Waals surface area contributed by atoms with Crippen LogP contribution in [-0.4, -0.2) is 29.7 Å². The van der Waals surface area contributed by atoms with Gasteiger partial charge in [-0.3, -0.25) is 0 Å². The Morgan fingerprint density at radius 2 is 2.11 bits per heavy atom. The SMILES string of the molecule is C[C@@H](c1cccc(F)c1)N1C[C@@H](C(F)(F)F)NC1=O. The van der Waals surface area contributed by atoms with Crippen molar-refractivity contribution in [1.82, 2.24) is 10.2 Å². The van der Waals surface area contributed by atoms with Gasteiger partial charge in [0.2, 0.25) is 0 Å². The number of nitrogens with one attached hydrogen (secondary N) is 1. The molecule has 2 rings (SSSR count). The predicted octanol–water partition coefficient (Wildman–Crippen LogP) is 2.84. The lowest BCUT2D eigenvalue weighted by Crippen LogP contribution is -2.40. The first-order valence-corrected chi connectivity index (χ1v) is 5.68. The van der Waals surface area contributed by atoms with E-state index < -0.39 is 36.7 Å². The minimum atomic E-state index is -4.48. The van der Waals surface area contributed by atoms with E-state index in [9.17, 15) is 22.4 Å².